The number of rotatable bonds is 6. The Labute approximate surface area is 157 Å². The Morgan fingerprint density at radius 2 is 2.04 bits per heavy atom. The van der Waals surface area contributed by atoms with Crippen LogP contribution in [0.25, 0.3) is 4.98 Å². The lowest BCUT2D eigenvalue weighted by atomic mass is 10.1. The Hall–Kier alpha value is -2.64. The molecule has 146 valence electrons. The summed E-state index contributed by atoms with van der Waals surface area (Å²) in [6.07, 6.45) is 0.311. The average Bonchev–Trinajstić information content (AvgIpc) is 2.94. The van der Waals surface area contributed by atoms with Crippen LogP contribution in [0.1, 0.15) is 26.7 Å². The minimum absolute atomic E-state index is 0.0570. The molecule has 0 unspecified atom stereocenters. The molecule has 1 aromatic carbocycles. The highest BCUT2D eigenvalue weighted by molar-refractivity contribution is 7.95. The third-order valence-corrected chi connectivity index (χ3v) is 5.97. The number of esters is 1. The third kappa shape index (κ3) is 4.20. The number of carbonyl (C=O) groups excluding carboxylic acids is 1. The SMILES string of the molecule is COC(=O)CC[C@H]1COC(C)(C)N1/C(O)=C(\[N+]#N)S(=O)(=O)c1ccccc1. The van der Waals surface area contributed by atoms with E-state index in [0.29, 0.717) is 0 Å². The smallest absolute Gasteiger partial charge is 0.488 e. The van der Waals surface area contributed by atoms with E-state index in [1.165, 1.54) is 36.3 Å². The lowest BCUT2D eigenvalue weighted by Gasteiger charge is -2.33. The quantitative estimate of drug-likeness (QED) is 0.442. The van der Waals surface area contributed by atoms with Crippen molar-refractivity contribution in [3.05, 3.63) is 46.2 Å². The number of ether oxygens (including phenoxy) is 2. The molecule has 0 amide bonds. The van der Waals surface area contributed by atoms with Crippen LogP contribution in [0.3, 0.4) is 0 Å². The predicted octanol–water partition coefficient (Wildman–Crippen LogP) is 2.39. The van der Waals surface area contributed by atoms with Crippen molar-refractivity contribution < 1.29 is 27.8 Å². The molecular weight excluding hydrogens is 374 g/mol. The maximum atomic E-state index is 12.8. The van der Waals surface area contributed by atoms with Crippen LogP contribution in [0.4, 0.5) is 0 Å². The van der Waals surface area contributed by atoms with E-state index < -0.39 is 38.5 Å². The fraction of sp³-hybridized carbons (Fsp3) is 0.471. The second-order valence-corrected chi connectivity index (χ2v) is 8.31. The number of aliphatic hydroxyl groups is 1. The van der Waals surface area contributed by atoms with Crippen LogP contribution in [0.15, 0.2) is 46.1 Å². The number of hydrogen-bond acceptors (Lipinski definition) is 8. The first kappa shape index (κ1) is 20.7. The molecule has 1 saturated heterocycles. The molecule has 1 fully saturated rings. The van der Waals surface area contributed by atoms with Gasteiger partial charge in [-0.3, -0.25) is 4.79 Å². The van der Waals surface area contributed by atoms with Crippen LogP contribution in [0.2, 0.25) is 0 Å². The number of carbonyl (C=O) groups is 1. The van der Waals surface area contributed by atoms with Gasteiger partial charge in [-0.1, -0.05) is 18.2 Å². The van der Waals surface area contributed by atoms with Crippen LogP contribution >= 0.6 is 0 Å². The topological polar surface area (TPSA) is 121 Å². The molecule has 1 heterocycles. The van der Waals surface area contributed by atoms with E-state index in [9.17, 15) is 23.7 Å². The molecule has 0 spiro atoms. The third-order valence-electron chi connectivity index (χ3n) is 4.30. The lowest BCUT2D eigenvalue weighted by Crippen LogP contribution is -2.44. The van der Waals surface area contributed by atoms with E-state index in [-0.39, 0.29) is 24.3 Å². The molecule has 0 aliphatic carbocycles. The first-order valence-electron chi connectivity index (χ1n) is 8.23. The van der Waals surface area contributed by atoms with E-state index in [1.54, 1.807) is 19.9 Å². The summed E-state index contributed by atoms with van der Waals surface area (Å²) in [7, 11) is -3.01. The normalized spacial score (nSPS) is 19.9. The Morgan fingerprint density at radius 3 is 2.59 bits per heavy atom. The second kappa shape index (κ2) is 7.94. The second-order valence-electron chi connectivity index (χ2n) is 6.44. The minimum atomic E-state index is -4.27. The highest BCUT2D eigenvalue weighted by Gasteiger charge is 2.49. The summed E-state index contributed by atoms with van der Waals surface area (Å²) in [5, 5.41) is 19.2. The fourth-order valence-electron chi connectivity index (χ4n) is 2.94. The molecule has 9 nitrogen and oxygen atoms in total. The van der Waals surface area contributed by atoms with Crippen molar-refractivity contribution in [3.8, 4) is 0 Å². The van der Waals surface area contributed by atoms with Gasteiger partial charge in [0.25, 0.3) is 9.84 Å². The Morgan fingerprint density at radius 1 is 1.41 bits per heavy atom. The van der Waals surface area contributed by atoms with E-state index >= 15 is 0 Å². The highest BCUT2D eigenvalue weighted by Crippen LogP contribution is 2.35. The summed E-state index contributed by atoms with van der Waals surface area (Å²) in [5.74, 6) is -1.19. The van der Waals surface area contributed by atoms with Gasteiger partial charge in [0.15, 0.2) is 4.98 Å². The number of hydrogen-bond donors (Lipinski definition) is 1. The molecule has 2 rings (SSSR count). The van der Waals surface area contributed by atoms with E-state index in [1.807, 2.05) is 0 Å². The summed E-state index contributed by atoms with van der Waals surface area (Å²) in [6.45, 7) is 3.41. The summed E-state index contributed by atoms with van der Waals surface area (Å²) in [5.41, 5.74) is -1.08. The van der Waals surface area contributed by atoms with Gasteiger partial charge in [-0.25, -0.2) is 8.42 Å². The van der Waals surface area contributed by atoms with Crippen molar-refractivity contribution in [2.75, 3.05) is 13.7 Å². The van der Waals surface area contributed by atoms with E-state index in [0.717, 1.165) is 0 Å². The van der Waals surface area contributed by atoms with Gasteiger partial charge in [0, 0.05) is 6.42 Å². The van der Waals surface area contributed by atoms with Crippen molar-refractivity contribution >= 4 is 15.8 Å². The van der Waals surface area contributed by atoms with E-state index in [2.05, 4.69) is 9.71 Å². The predicted molar refractivity (Wildman–Crippen MR) is 95.3 cm³/mol. The van der Waals surface area contributed by atoms with Crippen LogP contribution in [-0.2, 0) is 24.1 Å². The van der Waals surface area contributed by atoms with Crippen molar-refractivity contribution in [2.45, 2.75) is 43.4 Å². The molecule has 1 N–H and O–H groups in total. The van der Waals surface area contributed by atoms with Crippen LogP contribution in [0, 0.1) is 5.39 Å². The van der Waals surface area contributed by atoms with Crippen molar-refractivity contribution in [1.82, 2.24) is 4.90 Å². The average molecular weight is 396 g/mol. The molecule has 0 radical (unpaired) electrons. The van der Waals surface area contributed by atoms with Gasteiger partial charge < -0.3 is 19.5 Å². The maximum absolute atomic E-state index is 12.8. The largest absolute Gasteiger partial charge is 0.537 e. The fourth-order valence-corrected chi connectivity index (χ4v) is 4.13. The van der Waals surface area contributed by atoms with Gasteiger partial charge in [0.2, 0.25) is 5.39 Å². The number of diazo groups is 1. The molecule has 0 aromatic heterocycles. The number of methoxy groups -OCH3 is 1. The van der Waals surface area contributed by atoms with Gasteiger partial charge in [-0.2, -0.15) is 0 Å². The number of benzene rings is 1. The molecule has 27 heavy (non-hydrogen) atoms. The first-order valence-corrected chi connectivity index (χ1v) is 9.72. The summed E-state index contributed by atoms with van der Waals surface area (Å²) < 4.78 is 35.8. The molecule has 1 aliphatic rings. The Kier molecular flexibility index (Phi) is 6.08. The lowest BCUT2D eigenvalue weighted by molar-refractivity contribution is -0.141. The van der Waals surface area contributed by atoms with Gasteiger partial charge >= 0.3 is 16.9 Å². The molecule has 1 aromatic rings. The van der Waals surface area contributed by atoms with Crippen LogP contribution in [-0.4, -0.2) is 49.9 Å². The molecular formula is C17H22N3O6S+. The number of nitrogens with zero attached hydrogens (tertiary/aromatic N) is 3. The molecule has 1 atom stereocenters. The molecule has 10 heteroatoms. The maximum Gasteiger partial charge on any atom is 0.537 e. The van der Waals surface area contributed by atoms with Crippen LogP contribution in [0.5, 0.6) is 0 Å². The Balaban J connectivity index is 2.46. The summed E-state index contributed by atoms with van der Waals surface area (Å²) in [4.78, 5) is 15.4. The zero-order valence-electron chi connectivity index (χ0n) is 15.3. The molecule has 0 saturated carbocycles. The van der Waals surface area contributed by atoms with Gasteiger partial charge in [0.1, 0.15) is 5.72 Å². The van der Waals surface area contributed by atoms with Crippen molar-refractivity contribution in [3.63, 3.8) is 0 Å². The number of sulfone groups is 1. The Bertz CT molecular complexity index is 874. The molecule has 1 aliphatic heterocycles. The number of aliphatic hydroxyl groups excluding tert-OH is 1. The summed E-state index contributed by atoms with van der Waals surface area (Å²) >= 11 is 0. The molecule has 0 bridgehead atoms. The van der Waals surface area contributed by atoms with E-state index in [4.69, 9.17) is 4.74 Å². The minimum Gasteiger partial charge on any atom is -0.488 e. The highest BCUT2D eigenvalue weighted by atomic mass is 32.2. The van der Waals surface area contributed by atoms with Crippen molar-refractivity contribution in [1.29, 1.82) is 5.39 Å². The van der Waals surface area contributed by atoms with Crippen LogP contribution < -0.4 is 0 Å². The van der Waals surface area contributed by atoms with Gasteiger partial charge in [-0.05, 0) is 32.4 Å². The zero-order valence-corrected chi connectivity index (χ0v) is 16.1. The van der Waals surface area contributed by atoms with Crippen molar-refractivity contribution in [2.24, 2.45) is 0 Å². The standard InChI is InChI=1S/C17H21N3O6S/c1-17(2)20(12(11-26-17)9-10-14(21)25-3)16(22)15(19-18)27(23,24)13-7-5-4-6-8-13/h4-8,12H,9-11H2,1-3H3/p+1/b16-15-/t12-/m0/s1. The summed E-state index contributed by atoms with van der Waals surface area (Å²) in [6, 6.07) is 6.81. The van der Waals surface area contributed by atoms with Gasteiger partial charge in [-0.15, -0.1) is 0 Å². The monoisotopic (exact) mass is 396 g/mol. The zero-order chi connectivity index (χ0) is 20.2. The van der Waals surface area contributed by atoms with Gasteiger partial charge in [0.05, 0.1) is 24.7 Å². The first-order chi connectivity index (χ1) is 12.6.